The van der Waals surface area contributed by atoms with Gasteiger partial charge in [0.05, 0.1) is 22.8 Å². The van der Waals surface area contributed by atoms with Crippen LogP contribution >= 0.6 is 0 Å². The molecule has 0 aliphatic rings. The molecule has 0 radical (unpaired) electrons. The normalized spacial score (nSPS) is 11.1. The minimum Gasteiger partial charge on any atom is -0.248 e. The molecular formula is C38H20N6. The smallest absolute Gasteiger partial charge is 0.149 e. The molecule has 0 N–H and O–H groups in total. The Hall–Kier alpha value is -6.50. The molecule has 8 aromatic rings. The highest BCUT2D eigenvalue weighted by Gasteiger charge is 2.15. The van der Waals surface area contributed by atoms with Gasteiger partial charge in [-0.15, -0.1) is 0 Å². The molecule has 0 fully saturated rings. The summed E-state index contributed by atoms with van der Waals surface area (Å²) >= 11 is 0. The molecule has 6 heteroatoms. The average Bonchev–Trinajstić information content (AvgIpc) is 3.10. The van der Waals surface area contributed by atoms with Gasteiger partial charge in [0.25, 0.3) is 0 Å². The van der Waals surface area contributed by atoms with E-state index in [1.54, 1.807) is 12.4 Å². The molecule has 0 spiro atoms. The number of hydrogen-bond acceptors (Lipinski definition) is 6. The van der Waals surface area contributed by atoms with Gasteiger partial charge in [-0.25, -0.2) is 19.9 Å². The fourth-order valence-electron chi connectivity index (χ4n) is 6.03. The van der Waals surface area contributed by atoms with Crippen molar-refractivity contribution in [2.45, 2.75) is 0 Å². The van der Waals surface area contributed by atoms with Crippen molar-refractivity contribution in [3.63, 3.8) is 0 Å². The van der Waals surface area contributed by atoms with E-state index in [0.717, 1.165) is 66.6 Å². The highest BCUT2D eigenvalue weighted by molar-refractivity contribution is 6.24. The molecule has 6 nitrogen and oxygen atoms in total. The number of nitrogens with zero attached hydrogens (tertiary/aromatic N) is 6. The lowest BCUT2D eigenvalue weighted by Gasteiger charge is -2.15. The van der Waals surface area contributed by atoms with Gasteiger partial charge in [0.15, 0.2) is 0 Å². The molecule has 4 aromatic carbocycles. The number of pyridine rings is 4. The van der Waals surface area contributed by atoms with E-state index < -0.39 is 0 Å². The van der Waals surface area contributed by atoms with Gasteiger partial charge in [-0.3, -0.25) is 0 Å². The van der Waals surface area contributed by atoms with E-state index in [1.165, 1.54) is 10.8 Å². The maximum Gasteiger partial charge on any atom is 0.149 e. The van der Waals surface area contributed by atoms with Crippen LogP contribution in [0.3, 0.4) is 0 Å². The molecule has 8 rings (SSSR count). The lowest BCUT2D eigenvalue weighted by atomic mass is 9.90. The van der Waals surface area contributed by atoms with Crippen LogP contribution in [-0.4, -0.2) is 19.9 Å². The van der Waals surface area contributed by atoms with Gasteiger partial charge in [0, 0.05) is 34.6 Å². The molecule has 0 unspecified atom stereocenters. The number of benzene rings is 4. The monoisotopic (exact) mass is 560 g/mol. The van der Waals surface area contributed by atoms with Gasteiger partial charge in [0.1, 0.15) is 23.5 Å². The Kier molecular flexibility index (Phi) is 5.79. The second-order valence-corrected chi connectivity index (χ2v) is 10.6. The third kappa shape index (κ3) is 4.10. The first-order chi connectivity index (χ1) is 21.7. The van der Waals surface area contributed by atoms with Crippen LogP contribution in [0.15, 0.2) is 122 Å². The van der Waals surface area contributed by atoms with Gasteiger partial charge in [-0.1, -0.05) is 36.4 Å². The summed E-state index contributed by atoms with van der Waals surface area (Å²) in [5.74, 6) is 0. The minimum absolute atomic E-state index is 0.359. The first-order valence-corrected chi connectivity index (χ1v) is 14.1. The highest BCUT2D eigenvalue weighted by atomic mass is 14.7. The Morgan fingerprint density at radius 3 is 1.20 bits per heavy atom. The molecule has 44 heavy (non-hydrogen) atoms. The zero-order valence-corrected chi connectivity index (χ0v) is 23.2. The van der Waals surface area contributed by atoms with Crippen molar-refractivity contribution in [1.82, 2.24) is 19.9 Å². The Bertz CT molecular complexity index is 2240. The lowest BCUT2D eigenvalue weighted by Crippen LogP contribution is -1.94. The second-order valence-electron chi connectivity index (χ2n) is 10.6. The zero-order valence-electron chi connectivity index (χ0n) is 23.2. The first-order valence-electron chi connectivity index (χ1n) is 14.1. The van der Waals surface area contributed by atoms with E-state index in [4.69, 9.17) is 9.97 Å². The van der Waals surface area contributed by atoms with Crippen molar-refractivity contribution < 1.29 is 0 Å². The van der Waals surface area contributed by atoms with E-state index in [2.05, 4.69) is 70.6 Å². The van der Waals surface area contributed by atoms with E-state index in [0.29, 0.717) is 11.4 Å². The summed E-state index contributed by atoms with van der Waals surface area (Å²) in [6.07, 6.45) is 3.24. The lowest BCUT2D eigenvalue weighted by molar-refractivity contribution is 1.24. The summed E-state index contributed by atoms with van der Waals surface area (Å²) in [6, 6.07) is 40.9. The number of aromatic nitrogens is 4. The Balaban J connectivity index is 1.23. The molecule has 0 atom stereocenters. The van der Waals surface area contributed by atoms with E-state index in [1.807, 2.05) is 60.7 Å². The van der Waals surface area contributed by atoms with E-state index >= 15 is 0 Å². The summed E-state index contributed by atoms with van der Waals surface area (Å²) < 4.78 is 0. The summed E-state index contributed by atoms with van der Waals surface area (Å²) in [4.78, 5) is 18.2. The molecule has 0 aliphatic heterocycles. The standard InChI is InChI=1S/C38H20N6/c39-21-35-29(5-3-15-41-35)33-9-1-7-31(43-33)27-17-23-11-13-25-19-28(20-26-14-12-24(18-27)37(23)38(25)26)32-8-2-10-34(44-32)30-6-4-16-42-36(30)22-40/h1-20H. The van der Waals surface area contributed by atoms with Crippen LogP contribution < -0.4 is 0 Å². The average molecular weight is 561 g/mol. The topological polar surface area (TPSA) is 99.1 Å². The van der Waals surface area contributed by atoms with Crippen LogP contribution in [-0.2, 0) is 0 Å². The number of rotatable bonds is 4. The van der Waals surface area contributed by atoms with Crippen molar-refractivity contribution in [1.29, 1.82) is 10.5 Å². The van der Waals surface area contributed by atoms with Gasteiger partial charge in [-0.2, -0.15) is 10.5 Å². The Morgan fingerprint density at radius 1 is 0.432 bits per heavy atom. The summed E-state index contributed by atoms with van der Waals surface area (Å²) in [5, 5.41) is 26.0. The second kappa shape index (κ2) is 10.1. The predicted octanol–water partition coefficient (Wildman–Crippen LogP) is 8.58. The van der Waals surface area contributed by atoms with Crippen molar-refractivity contribution in [2.75, 3.05) is 0 Å². The van der Waals surface area contributed by atoms with Crippen molar-refractivity contribution in [3.05, 3.63) is 133 Å². The number of nitriles is 2. The largest absolute Gasteiger partial charge is 0.248 e. The third-order valence-corrected chi connectivity index (χ3v) is 8.00. The van der Waals surface area contributed by atoms with E-state index in [-0.39, 0.29) is 0 Å². The van der Waals surface area contributed by atoms with Crippen molar-refractivity contribution >= 4 is 32.3 Å². The van der Waals surface area contributed by atoms with Crippen LogP contribution in [0.2, 0.25) is 0 Å². The summed E-state index contributed by atoms with van der Waals surface area (Å²) in [7, 11) is 0. The van der Waals surface area contributed by atoms with Gasteiger partial charge >= 0.3 is 0 Å². The molecule has 0 amide bonds. The van der Waals surface area contributed by atoms with Gasteiger partial charge in [-0.05, 0) is 105 Å². The molecule has 4 aromatic heterocycles. The van der Waals surface area contributed by atoms with Crippen LogP contribution in [0, 0.1) is 22.7 Å². The molecule has 0 saturated heterocycles. The maximum atomic E-state index is 9.54. The third-order valence-electron chi connectivity index (χ3n) is 8.00. The predicted molar refractivity (Wildman–Crippen MR) is 172 cm³/mol. The maximum absolute atomic E-state index is 9.54. The van der Waals surface area contributed by atoms with Crippen LogP contribution in [0.4, 0.5) is 0 Å². The van der Waals surface area contributed by atoms with E-state index in [9.17, 15) is 10.5 Å². The van der Waals surface area contributed by atoms with Gasteiger partial charge < -0.3 is 0 Å². The quantitative estimate of drug-likeness (QED) is 0.200. The van der Waals surface area contributed by atoms with Gasteiger partial charge in [0.2, 0.25) is 0 Å². The fourth-order valence-corrected chi connectivity index (χ4v) is 6.03. The first kappa shape index (κ1) is 25.2. The Labute approximate surface area is 252 Å². The fraction of sp³-hybridized carbons (Fsp3) is 0. The highest BCUT2D eigenvalue weighted by Crippen LogP contribution is 2.39. The molecule has 0 aliphatic carbocycles. The molecular weight excluding hydrogens is 540 g/mol. The minimum atomic E-state index is 0.359. The molecule has 0 bridgehead atoms. The number of hydrogen-bond donors (Lipinski definition) is 0. The molecule has 0 saturated carbocycles. The Morgan fingerprint density at radius 2 is 0.818 bits per heavy atom. The van der Waals surface area contributed by atoms with Crippen LogP contribution in [0.5, 0.6) is 0 Å². The zero-order chi connectivity index (χ0) is 29.6. The molecule has 202 valence electrons. The van der Waals surface area contributed by atoms with Crippen LogP contribution in [0.1, 0.15) is 11.4 Å². The summed E-state index contributed by atoms with van der Waals surface area (Å²) in [5.41, 5.74) is 7.28. The van der Waals surface area contributed by atoms with Crippen LogP contribution in [0.25, 0.3) is 77.3 Å². The van der Waals surface area contributed by atoms with Crippen molar-refractivity contribution in [3.8, 4) is 57.2 Å². The SMILES string of the molecule is N#Cc1ncccc1-c1cccc(-c2cc3ccc4cc(-c5cccc(-c6cccnc6C#N)n5)cc5ccc(c2)c3c45)n1. The van der Waals surface area contributed by atoms with Crippen molar-refractivity contribution in [2.24, 2.45) is 0 Å². The summed E-state index contributed by atoms with van der Waals surface area (Å²) in [6.45, 7) is 0. The molecule has 4 heterocycles.